The molecule has 1 aromatic carbocycles. The number of hydrogen-bond acceptors (Lipinski definition) is 5. The topological polar surface area (TPSA) is 107 Å². The zero-order chi connectivity index (χ0) is 10.0. The molecule has 0 unspecified atom stereocenters. The van der Waals surface area contributed by atoms with Crippen LogP contribution < -0.4 is 5.73 Å². The van der Waals surface area contributed by atoms with Gasteiger partial charge < -0.3 is 26.2 Å². The lowest BCUT2D eigenvalue weighted by Gasteiger charge is -2.11. The molecule has 80 valence electrons. The first-order valence-electron chi connectivity index (χ1n) is 3.68. The Kier molecular flexibility index (Phi) is 4.49. The molecule has 0 heterocycles. The normalized spacial score (nSPS) is 11.9. The van der Waals surface area contributed by atoms with E-state index in [1.165, 1.54) is 12.1 Å². The third-order valence-corrected chi connectivity index (χ3v) is 1.76. The first-order chi connectivity index (χ1) is 6.07. The lowest BCUT2D eigenvalue weighted by atomic mass is 10.1. The van der Waals surface area contributed by atoms with Crippen molar-refractivity contribution in [3.63, 3.8) is 0 Å². The van der Waals surface area contributed by atoms with Gasteiger partial charge in [-0.25, -0.2) is 0 Å². The van der Waals surface area contributed by atoms with E-state index >= 15 is 0 Å². The molecule has 0 fully saturated rings. The van der Waals surface area contributed by atoms with Gasteiger partial charge >= 0.3 is 0 Å². The fraction of sp³-hybridized carbons (Fsp3) is 0.250. The lowest BCUT2D eigenvalue weighted by molar-refractivity contribution is 0.263. The Morgan fingerprint density at radius 3 is 2.21 bits per heavy atom. The minimum atomic E-state index is -0.772. The van der Waals surface area contributed by atoms with Crippen LogP contribution in [0.3, 0.4) is 0 Å². The molecule has 1 rings (SSSR count). The molecule has 14 heavy (non-hydrogen) atoms. The number of halogens is 1. The molecule has 0 aromatic heterocycles. The van der Waals surface area contributed by atoms with Crippen molar-refractivity contribution >= 4 is 12.4 Å². The molecule has 1 aromatic rings. The van der Waals surface area contributed by atoms with Gasteiger partial charge in [-0.15, -0.1) is 12.4 Å². The average Bonchev–Trinajstić information content (AvgIpc) is 2.13. The van der Waals surface area contributed by atoms with Crippen molar-refractivity contribution in [3.05, 3.63) is 17.7 Å². The van der Waals surface area contributed by atoms with Crippen LogP contribution in [0.1, 0.15) is 11.6 Å². The van der Waals surface area contributed by atoms with Gasteiger partial charge in [-0.1, -0.05) is 0 Å². The first kappa shape index (κ1) is 12.8. The second kappa shape index (κ2) is 4.90. The number of phenols is 3. The molecule has 0 amide bonds. The highest BCUT2D eigenvalue weighted by molar-refractivity contribution is 5.85. The van der Waals surface area contributed by atoms with E-state index < -0.39 is 23.3 Å². The van der Waals surface area contributed by atoms with Crippen molar-refractivity contribution in [2.75, 3.05) is 6.61 Å². The molecule has 5 nitrogen and oxygen atoms in total. The fourth-order valence-electron chi connectivity index (χ4n) is 0.982. The Balaban J connectivity index is 0.00000169. The van der Waals surface area contributed by atoms with E-state index in [9.17, 15) is 5.11 Å². The second-order valence-corrected chi connectivity index (χ2v) is 2.66. The molecular weight excluding hydrogens is 210 g/mol. The van der Waals surface area contributed by atoms with Gasteiger partial charge in [0.2, 0.25) is 5.75 Å². The summed E-state index contributed by atoms with van der Waals surface area (Å²) in [6.07, 6.45) is 0. The molecule has 6 N–H and O–H groups in total. The number of nitrogens with two attached hydrogens (primary N) is 1. The molecule has 0 radical (unpaired) electrons. The summed E-state index contributed by atoms with van der Waals surface area (Å²) in [6, 6.07) is 1.76. The Bertz CT molecular complexity index is 318. The van der Waals surface area contributed by atoms with Gasteiger partial charge in [-0.05, 0) is 12.1 Å². The van der Waals surface area contributed by atoms with E-state index in [1.54, 1.807) is 0 Å². The van der Waals surface area contributed by atoms with Crippen molar-refractivity contribution in [2.24, 2.45) is 5.73 Å². The molecule has 0 saturated carbocycles. The Hall–Kier alpha value is -1.17. The van der Waals surface area contributed by atoms with Crippen molar-refractivity contribution in [3.8, 4) is 17.2 Å². The standard InChI is InChI=1S/C8H11NO4.ClH/c9-5(3-10)4-1-2-6(11)8(13)7(4)12;/h1-2,5,10-13H,3,9H2;1H/t5-;/m1./s1. The third kappa shape index (κ3) is 2.20. The van der Waals surface area contributed by atoms with Crippen molar-refractivity contribution < 1.29 is 20.4 Å². The average molecular weight is 222 g/mol. The van der Waals surface area contributed by atoms with Gasteiger partial charge in [0, 0.05) is 5.56 Å². The van der Waals surface area contributed by atoms with Crippen molar-refractivity contribution in [2.45, 2.75) is 6.04 Å². The summed E-state index contributed by atoms with van der Waals surface area (Å²) >= 11 is 0. The maximum absolute atomic E-state index is 9.28. The van der Waals surface area contributed by atoms with Crippen LogP contribution >= 0.6 is 12.4 Å². The second-order valence-electron chi connectivity index (χ2n) is 2.66. The molecule has 6 heteroatoms. The summed E-state index contributed by atoms with van der Waals surface area (Å²) in [6.45, 7) is -0.349. The lowest BCUT2D eigenvalue weighted by Crippen LogP contribution is -2.14. The van der Waals surface area contributed by atoms with Crippen LogP contribution in [-0.4, -0.2) is 27.0 Å². The summed E-state index contributed by atoms with van der Waals surface area (Å²) in [5.74, 6) is -1.55. The Morgan fingerprint density at radius 1 is 1.14 bits per heavy atom. The number of phenolic OH excluding ortho intramolecular Hbond substituents is 3. The van der Waals surface area contributed by atoms with Crippen LogP contribution in [0.5, 0.6) is 17.2 Å². The SMILES string of the molecule is Cl.N[C@H](CO)c1ccc(O)c(O)c1O. The van der Waals surface area contributed by atoms with Gasteiger partial charge in [-0.3, -0.25) is 0 Å². The van der Waals surface area contributed by atoms with Gasteiger partial charge in [0.25, 0.3) is 0 Å². The Morgan fingerprint density at radius 2 is 1.71 bits per heavy atom. The molecule has 0 aliphatic rings. The Labute approximate surface area is 86.8 Å². The van der Waals surface area contributed by atoms with Crippen LogP contribution in [0.4, 0.5) is 0 Å². The summed E-state index contributed by atoms with van der Waals surface area (Å²) in [5, 5.41) is 36.0. The van der Waals surface area contributed by atoms with Crippen molar-refractivity contribution in [1.29, 1.82) is 0 Å². The van der Waals surface area contributed by atoms with E-state index in [4.69, 9.17) is 21.1 Å². The van der Waals surface area contributed by atoms with Crippen LogP contribution in [-0.2, 0) is 0 Å². The highest BCUT2D eigenvalue weighted by Crippen LogP contribution is 2.38. The number of hydrogen-bond donors (Lipinski definition) is 5. The molecule has 0 saturated heterocycles. The fourth-order valence-corrected chi connectivity index (χ4v) is 0.982. The zero-order valence-electron chi connectivity index (χ0n) is 7.21. The minimum absolute atomic E-state index is 0. The predicted molar refractivity (Wildman–Crippen MR) is 52.7 cm³/mol. The number of aliphatic hydroxyl groups is 1. The number of aliphatic hydroxyl groups excluding tert-OH is 1. The van der Waals surface area contributed by atoms with Gasteiger partial charge in [-0.2, -0.15) is 0 Å². The molecule has 0 spiro atoms. The van der Waals surface area contributed by atoms with E-state index in [-0.39, 0.29) is 24.6 Å². The number of rotatable bonds is 2. The maximum atomic E-state index is 9.28. The third-order valence-electron chi connectivity index (χ3n) is 1.76. The monoisotopic (exact) mass is 221 g/mol. The largest absolute Gasteiger partial charge is 0.504 e. The van der Waals surface area contributed by atoms with E-state index in [0.717, 1.165) is 0 Å². The van der Waals surface area contributed by atoms with Crippen LogP contribution in [0, 0.1) is 0 Å². The number of aromatic hydroxyl groups is 3. The predicted octanol–water partition coefficient (Wildman–Crippen LogP) is 0.217. The zero-order valence-corrected chi connectivity index (χ0v) is 8.03. The number of benzene rings is 1. The molecule has 1 atom stereocenters. The van der Waals surface area contributed by atoms with E-state index in [2.05, 4.69) is 0 Å². The molecule has 0 aliphatic heterocycles. The molecular formula is C8H12ClNO4. The molecule has 0 aliphatic carbocycles. The van der Waals surface area contributed by atoms with Crippen LogP contribution in [0.15, 0.2) is 12.1 Å². The minimum Gasteiger partial charge on any atom is -0.504 e. The summed E-state index contributed by atoms with van der Waals surface area (Å²) in [7, 11) is 0. The van der Waals surface area contributed by atoms with E-state index in [0.29, 0.717) is 0 Å². The van der Waals surface area contributed by atoms with Crippen molar-refractivity contribution in [1.82, 2.24) is 0 Å². The smallest absolute Gasteiger partial charge is 0.200 e. The van der Waals surface area contributed by atoms with Gasteiger partial charge in [0.05, 0.1) is 12.6 Å². The quantitative estimate of drug-likeness (QED) is 0.459. The van der Waals surface area contributed by atoms with E-state index in [1.807, 2.05) is 0 Å². The summed E-state index contributed by atoms with van der Waals surface area (Å²) in [4.78, 5) is 0. The van der Waals surface area contributed by atoms with Gasteiger partial charge in [0.15, 0.2) is 11.5 Å². The van der Waals surface area contributed by atoms with Gasteiger partial charge in [0.1, 0.15) is 0 Å². The first-order valence-corrected chi connectivity index (χ1v) is 3.68. The summed E-state index contributed by atoms with van der Waals surface area (Å²) in [5.41, 5.74) is 5.60. The summed E-state index contributed by atoms with van der Waals surface area (Å²) < 4.78 is 0. The molecule has 0 bridgehead atoms. The maximum Gasteiger partial charge on any atom is 0.200 e. The highest BCUT2D eigenvalue weighted by atomic mass is 35.5. The van der Waals surface area contributed by atoms with Crippen LogP contribution in [0.2, 0.25) is 0 Å². The highest BCUT2D eigenvalue weighted by Gasteiger charge is 2.15. The van der Waals surface area contributed by atoms with Crippen LogP contribution in [0.25, 0.3) is 0 Å².